The van der Waals surface area contributed by atoms with Gasteiger partial charge in [-0.3, -0.25) is 9.59 Å². The topological polar surface area (TPSA) is 89.9 Å². The Labute approximate surface area is 225 Å². The van der Waals surface area contributed by atoms with E-state index in [1.165, 1.54) is 24.0 Å². The minimum atomic E-state index is -1.22. The van der Waals surface area contributed by atoms with Crippen LogP contribution >= 0.6 is 0 Å². The van der Waals surface area contributed by atoms with Crippen LogP contribution in [0.5, 0.6) is 5.75 Å². The molecular formula is C30H30FN3O5. The first-order valence-corrected chi connectivity index (χ1v) is 12.7. The number of nitrogens with one attached hydrogen (secondary N) is 1. The van der Waals surface area contributed by atoms with Gasteiger partial charge < -0.3 is 24.3 Å². The Kier molecular flexibility index (Phi) is 8.60. The van der Waals surface area contributed by atoms with Crippen molar-refractivity contribution in [2.24, 2.45) is 0 Å². The van der Waals surface area contributed by atoms with Crippen LogP contribution < -0.4 is 10.1 Å². The van der Waals surface area contributed by atoms with Gasteiger partial charge in [0.25, 0.3) is 5.91 Å². The average molecular weight is 532 g/mol. The largest absolute Gasteiger partial charge is 0.447 e. The summed E-state index contributed by atoms with van der Waals surface area (Å²) in [6, 6.07) is 20.1. The Hall–Kier alpha value is -4.66. The fraction of sp³-hybridized carbons (Fsp3) is 0.233. The van der Waals surface area contributed by atoms with Gasteiger partial charge in [0.2, 0.25) is 6.10 Å². The summed E-state index contributed by atoms with van der Waals surface area (Å²) >= 11 is 0. The summed E-state index contributed by atoms with van der Waals surface area (Å²) in [6.07, 6.45) is 0.0235. The van der Waals surface area contributed by atoms with E-state index in [1.807, 2.05) is 30.7 Å². The molecule has 1 aromatic heterocycles. The molecule has 0 bridgehead atoms. The Balaban J connectivity index is 1.75. The summed E-state index contributed by atoms with van der Waals surface area (Å²) in [5, 5.41) is 3.44. The highest BCUT2D eigenvalue weighted by molar-refractivity contribution is 6.06. The highest BCUT2D eigenvalue weighted by atomic mass is 19.1. The number of rotatable bonds is 9. The SMILES string of the molecule is CCN(CC)C(=O)Oc1ccc2c(ccn2Cc2cccc(F)c2)c1NC(=O)[C@H](OC(C)=O)c1ccccc1. The molecule has 4 aromatic rings. The van der Waals surface area contributed by atoms with E-state index in [9.17, 15) is 18.8 Å². The molecule has 0 fully saturated rings. The van der Waals surface area contributed by atoms with Gasteiger partial charge in [0.05, 0.1) is 11.2 Å². The number of aromatic nitrogens is 1. The molecule has 39 heavy (non-hydrogen) atoms. The van der Waals surface area contributed by atoms with Gasteiger partial charge in [-0.05, 0) is 49.7 Å². The summed E-state index contributed by atoms with van der Waals surface area (Å²) < 4.78 is 26.8. The molecule has 8 nitrogen and oxygen atoms in total. The second-order valence-corrected chi connectivity index (χ2v) is 8.87. The number of esters is 1. The van der Waals surface area contributed by atoms with E-state index in [0.717, 1.165) is 11.1 Å². The Morgan fingerprint density at radius 3 is 2.38 bits per heavy atom. The lowest BCUT2D eigenvalue weighted by Gasteiger charge is -2.21. The number of hydrogen-bond donors (Lipinski definition) is 1. The molecule has 0 saturated carbocycles. The molecule has 1 N–H and O–H groups in total. The number of nitrogens with zero attached hydrogens (tertiary/aromatic N) is 2. The molecule has 1 heterocycles. The monoisotopic (exact) mass is 531 g/mol. The van der Waals surface area contributed by atoms with Gasteiger partial charge in [0.15, 0.2) is 5.75 Å². The lowest BCUT2D eigenvalue weighted by Crippen LogP contribution is -2.33. The lowest BCUT2D eigenvalue weighted by atomic mass is 10.1. The van der Waals surface area contributed by atoms with Crippen LogP contribution in [0, 0.1) is 5.82 Å². The van der Waals surface area contributed by atoms with Crippen molar-refractivity contribution in [3.63, 3.8) is 0 Å². The van der Waals surface area contributed by atoms with Gasteiger partial charge >= 0.3 is 12.1 Å². The van der Waals surface area contributed by atoms with E-state index in [2.05, 4.69) is 5.32 Å². The first-order chi connectivity index (χ1) is 18.8. The fourth-order valence-electron chi connectivity index (χ4n) is 4.33. The highest BCUT2D eigenvalue weighted by Crippen LogP contribution is 2.36. The molecule has 0 radical (unpaired) electrons. The fourth-order valence-corrected chi connectivity index (χ4v) is 4.33. The lowest BCUT2D eigenvalue weighted by molar-refractivity contribution is -0.152. The molecule has 0 aliphatic rings. The number of halogens is 1. The second-order valence-electron chi connectivity index (χ2n) is 8.87. The van der Waals surface area contributed by atoms with Crippen LogP contribution in [-0.2, 0) is 20.9 Å². The third-order valence-corrected chi connectivity index (χ3v) is 6.25. The third-order valence-electron chi connectivity index (χ3n) is 6.25. The summed E-state index contributed by atoms with van der Waals surface area (Å²) in [5.74, 6) is -1.42. The normalized spacial score (nSPS) is 11.6. The highest BCUT2D eigenvalue weighted by Gasteiger charge is 2.27. The number of ether oxygens (including phenoxy) is 2. The van der Waals surface area contributed by atoms with Crippen molar-refractivity contribution >= 4 is 34.6 Å². The molecule has 202 valence electrons. The summed E-state index contributed by atoms with van der Waals surface area (Å²) in [4.78, 5) is 39.7. The Morgan fingerprint density at radius 1 is 0.974 bits per heavy atom. The molecule has 0 aliphatic heterocycles. The van der Waals surface area contributed by atoms with Gasteiger partial charge in [-0.2, -0.15) is 0 Å². The number of amides is 2. The van der Waals surface area contributed by atoms with E-state index < -0.39 is 24.1 Å². The molecular weight excluding hydrogens is 501 g/mol. The minimum absolute atomic E-state index is 0.144. The zero-order valence-corrected chi connectivity index (χ0v) is 22.0. The van der Waals surface area contributed by atoms with E-state index in [-0.39, 0.29) is 17.3 Å². The standard InChI is InChI=1S/C30H30FN3O5/c1-4-33(5-2)30(37)39-26-15-14-25-24(16-17-34(25)19-21-10-9-13-23(31)18-21)27(26)32-29(36)28(38-20(3)35)22-11-7-6-8-12-22/h6-18,28H,4-5,19H2,1-3H3,(H,32,36)/t28-/m1/s1. The second kappa shape index (κ2) is 12.3. The van der Waals surface area contributed by atoms with Crippen LogP contribution in [0.1, 0.15) is 38.0 Å². The van der Waals surface area contributed by atoms with Gasteiger partial charge in [0, 0.05) is 43.7 Å². The maximum atomic E-state index is 13.8. The molecule has 0 unspecified atom stereocenters. The van der Waals surface area contributed by atoms with E-state index in [4.69, 9.17) is 9.47 Å². The maximum absolute atomic E-state index is 13.8. The number of carbonyl (C=O) groups is 3. The first kappa shape index (κ1) is 27.4. The molecule has 9 heteroatoms. The maximum Gasteiger partial charge on any atom is 0.415 e. The van der Waals surface area contributed by atoms with Crippen molar-refractivity contribution in [2.45, 2.75) is 33.4 Å². The zero-order valence-electron chi connectivity index (χ0n) is 22.0. The van der Waals surface area contributed by atoms with E-state index >= 15 is 0 Å². The van der Waals surface area contributed by atoms with E-state index in [1.54, 1.807) is 54.6 Å². The van der Waals surface area contributed by atoms with Crippen LogP contribution in [-0.4, -0.2) is 40.5 Å². The average Bonchev–Trinajstić information content (AvgIpc) is 3.32. The molecule has 4 rings (SSSR count). The van der Waals surface area contributed by atoms with Crippen LogP contribution in [0.3, 0.4) is 0 Å². The zero-order chi connectivity index (χ0) is 27.9. The van der Waals surface area contributed by atoms with Crippen LogP contribution in [0.15, 0.2) is 79.0 Å². The molecule has 0 saturated heterocycles. The van der Waals surface area contributed by atoms with Crippen molar-refractivity contribution in [3.05, 3.63) is 95.9 Å². The summed E-state index contributed by atoms with van der Waals surface area (Å²) in [7, 11) is 0. The van der Waals surface area contributed by atoms with Gasteiger partial charge in [-0.1, -0.05) is 42.5 Å². The van der Waals surface area contributed by atoms with E-state index in [0.29, 0.717) is 30.6 Å². The minimum Gasteiger partial charge on any atom is -0.447 e. The van der Waals surface area contributed by atoms with Gasteiger partial charge in [0.1, 0.15) is 5.82 Å². The molecule has 1 atom stereocenters. The first-order valence-electron chi connectivity index (χ1n) is 12.7. The molecule has 2 amide bonds. The quantitative estimate of drug-likeness (QED) is 0.271. The molecule has 0 spiro atoms. The van der Waals surface area contributed by atoms with Crippen molar-refractivity contribution < 1.29 is 28.2 Å². The number of anilines is 1. The summed E-state index contributed by atoms with van der Waals surface area (Å²) in [6.45, 7) is 6.19. The van der Waals surface area contributed by atoms with Crippen LogP contribution in [0.2, 0.25) is 0 Å². The third kappa shape index (κ3) is 6.43. The van der Waals surface area contributed by atoms with Gasteiger partial charge in [-0.25, -0.2) is 9.18 Å². The smallest absolute Gasteiger partial charge is 0.415 e. The molecule has 0 aliphatic carbocycles. The van der Waals surface area contributed by atoms with Crippen LogP contribution in [0.4, 0.5) is 14.9 Å². The Morgan fingerprint density at radius 2 is 1.72 bits per heavy atom. The molecule has 3 aromatic carbocycles. The predicted molar refractivity (Wildman–Crippen MR) is 146 cm³/mol. The predicted octanol–water partition coefficient (Wildman–Crippen LogP) is 5.91. The Bertz CT molecular complexity index is 1480. The van der Waals surface area contributed by atoms with Gasteiger partial charge in [-0.15, -0.1) is 0 Å². The van der Waals surface area contributed by atoms with Crippen molar-refractivity contribution in [1.29, 1.82) is 0 Å². The number of fused-ring (bicyclic) bond motifs is 1. The number of benzene rings is 3. The van der Waals surface area contributed by atoms with Crippen molar-refractivity contribution in [1.82, 2.24) is 9.47 Å². The van der Waals surface area contributed by atoms with Crippen molar-refractivity contribution in [3.8, 4) is 5.75 Å². The van der Waals surface area contributed by atoms with Crippen molar-refractivity contribution in [2.75, 3.05) is 18.4 Å². The van der Waals surface area contributed by atoms with Crippen LogP contribution in [0.25, 0.3) is 10.9 Å². The number of carbonyl (C=O) groups excluding carboxylic acids is 3. The number of hydrogen-bond acceptors (Lipinski definition) is 5. The summed E-state index contributed by atoms with van der Waals surface area (Å²) in [5.41, 5.74) is 2.22.